The van der Waals surface area contributed by atoms with E-state index in [0.29, 0.717) is 6.42 Å². The molecule has 0 aliphatic rings. The van der Waals surface area contributed by atoms with Crippen molar-refractivity contribution in [2.75, 3.05) is 25.1 Å². The summed E-state index contributed by atoms with van der Waals surface area (Å²) in [7, 11) is -6.94. The molecule has 0 bridgehead atoms. The van der Waals surface area contributed by atoms with E-state index in [2.05, 4.69) is 9.44 Å². The first-order valence-corrected chi connectivity index (χ1v) is 9.36. The van der Waals surface area contributed by atoms with Crippen molar-refractivity contribution in [1.82, 2.24) is 9.44 Å². The van der Waals surface area contributed by atoms with Gasteiger partial charge in [0.15, 0.2) is 0 Å². The topological polar surface area (TPSA) is 118 Å². The number of sulfonamides is 2. The van der Waals surface area contributed by atoms with Gasteiger partial charge in [-0.25, -0.2) is 26.3 Å². The van der Waals surface area contributed by atoms with Gasteiger partial charge in [0.1, 0.15) is 0 Å². The van der Waals surface area contributed by atoms with Gasteiger partial charge in [-0.1, -0.05) is 11.6 Å². The molecular formula is C10H16ClN3O4S2. The third-order valence-electron chi connectivity index (χ3n) is 2.29. The van der Waals surface area contributed by atoms with Crippen LogP contribution >= 0.6 is 11.6 Å². The number of benzene rings is 1. The number of rotatable bonds is 7. The molecule has 0 fully saturated rings. The van der Waals surface area contributed by atoms with Gasteiger partial charge in [-0.3, -0.25) is 0 Å². The van der Waals surface area contributed by atoms with Gasteiger partial charge >= 0.3 is 0 Å². The molecule has 0 heterocycles. The molecule has 0 aromatic heterocycles. The molecule has 0 aliphatic carbocycles. The molecule has 0 radical (unpaired) electrons. The van der Waals surface area contributed by atoms with E-state index in [1.807, 2.05) is 0 Å². The lowest BCUT2D eigenvalue weighted by Gasteiger charge is -2.08. The molecule has 20 heavy (non-hydrogen) atoms. The molecule has 0 amide bonds. The second kappa shape index (κ2) is 6.72. The van der Waals surface area contributed by atoms with Crippen LogP contribution in [-0.2, 0) is 20.0 Å². The zero-order chi connectivity index (χ0) is 15.4. The number of anilines is 1. The van der Waals surface area contributed by atoms with Crippen LogP contribution in [0.4, 0.5) is 5.69 Å². The Bertz CT molecular complexity index is 674. The molecule has 0 atom stereocenters. The summed E-state index contributed by atoms with van der Waals surface area (Å²) in [5.41, 5.74) is 5.72. The molecule has 7 nitrogen and oxygen atoms in total. The zero-order valence-corrected chi connectivity index (χ0v) is 13.1. The Hall–Kier alpha value is -0.870. The quantitative estimate of drug-likeness (QED) is 0.481. The number of nitrogen functional groups attached to an aromatic ring is 1. The number of halogens is 1. The lowest BCUT2D eigenvalue weighted by molar-refractivity contribution is 0.575. The maximum Gasteiger partial charge on any atom is 0.240 e. The summed E-state index contributed by atoms with van der Waals surface area (Å²) >= 11 is 5.71. The average Bonchev–Trinajstić information content (AvgIpc) is 2.30. The highest BCUT2D eigenvalue weighted by Crippen LogP contribution is 2.21. The molecule has 1 rings (SSSR count). The Kier molecular flexibility index (Phi) is 5.78. The average molecular weight is 342 g/mol. The molecule has 4 N–H and O–H groups in total. The van der Waals surface area contributed by atoms with Crippen LogP contribution in [0.5, 0.6) is 0 Å². The molecule has 1 aromatic rings. The van der Waals surface area contributed by atoms with Gasteiger partial charge in [0.25, 0.3) is 0 Å². The van der Waals surface area contributed by atoms with Crippen LogP contribution in [0.3, 0.4) is 0 Å². The Morgan fingerprint density at radius 2 is 1.75 bits per heavy atom. The van der Waals surface area contributed by atoms with Crippen LogP contribution in [0.2, 0.25) is 5.02 Å². The normalized spacial score (nSPS) is 12.5. The maximum atomic E-state index is 11.9. The van der Waals surface area contributed by atoms with Gasteiger partial charge in [0.05, 0.1) is 21.9 Å². The first kappa shape index (κ1) is 17.2. The second-order valence-electron chi connectivity index (χ2n) is 4.10. The lowest BCUT2D eigenvalue weighted by Crippen LogP contribution is -2.29. The van der Waals surface area contributed by atoms with Crippen molar-refractivity contribution < 1.29 is 16.8 Å². The predicted molar refractivity (Wildman–Crippen MR) is 78.5 cm³/mol. The first-order valence-electron chi connectivity index (χ1n) is 5.61. The van der Waals surface area contributed by atoms with Crippen molar-refractivity contribution in [2.45, 2.75) is 11.3 Å². The minimum atomic E-state index is -3.68. The smallest absolute Gasteiger partial charge is 0.240 e. The van der Waals surface area contributed by atoms with E-state index in [-0.39, 0.29) is 28.7 Å². The SMILES string of the molecule is CS(=O)(=O)NCCCNS(=O)(=O)c1ccc(Cl)c(N)c1. The van der Waals surface area contributed by atoms with Crippen molar-refractivity contribution in [3.63, 3.8) is 0 Å². The first-order chi connectivity index (χ1) is 9.12. The second-order valence-corrected chi connectivity index (χ2v) is 8.11. The van der Waals surface area contributed by atoms with E-state index in [1.54, 1.807) is 0 Å². The summed E-state index contributed by atoms with van der Waals surface area (Å²) in [5.74, 6) is 0. The van der Waals surface area contributed by atoms with Gasteiger partial charge in [-0.15, -0.1) is 0 Å². The van der Waals surface area contributed by atoms with E-state index >= 15 is 0 Å². The van der Waals surface area contributed by atoms with Crippen LogP contribution in [0, 0.1) is 0 Å². The summed E-state index contributed by atoms with van der Waals surface area (Å²) in [5, 5.41) is 0.279. The summed E-state index contributed by atoms with van der Waals surface area (Å²) in [6.07, 6.45) is 1.36. The van der Waals surface area contributed by atoms with Gasteiger partial charge in [-0.2, -0.15) is 0 Å². The van der Waals surface area contributed by atoms with Crippen molar-refractivity contribution >= 4 is 37.3 Å². The molecule has 0 saturated carbocycles. The zero-order valence-electron chi connectivity index (χ0n) is 10.8. The van der Waals surface area contributed by atoms with Crippen molar-refractivity contribution in [1.29, 1.82) is 0 Å². The molecule has 0 saturated heterocycles. The van der Waals surface area contributed by atoms with Gasteiger partial charge in [0, 0.05) is 13.1 Å². The fraction of sp³-hybridized carbons (Fsp3) is 0.400. The fourth-order valence-corrected chi connectivity index (χ4v) is 3.07. The molecule has 0 unspecified atom stereocenters. The monoisotopic (exact) mass is 341 g/mol. The highest BCUT2D eigenvalue weighted by molar-refractivity contribution is 7.89. The minimum absolute atomic E-state index is 0.00970. The summed E-state index contributed by atoms with van der Waals surface area (Å²) in [4.78, 5) is 0.00970. The highest BCUT2D eigenvalue weighted by atomic mass is 35.5. The molecule has 114 valence electrons. The van der Waals surface area contributed by atoms with Crippen molar-refractivity contribution in [2.24, 2.45) is 0 Å². The largest absolute Gasteiger partial charge is 0.397 e. The summed E-state index contributed by atoms with van der Waals surface area (Å²) in [6.45, 7) is 0.261. The lowest BCUT2D eigenvalue weighted by atomic mass is 10.3. The Balaban J connectivity index is 2.56. The number of hydrogen-bond acceptors (Lipinski definition) is 5. The van der Waals surface area contributed by atoms with Gasteiger partial charge in [-0.05, 0) is 24.6 Å². The fourth-order valence-electron chi connectivity index (χ4n) is 1.32. The standard InChI is InChI=1S/C10H16ClN3O4S2/c1-19(15,16)13-5-2-6-14-20(17,18)8-3-4-9(11)10(12)7-8/h3-4,7,13-14H,2,5-6,12H2,1H3. The molecular weight excluding hydrogens is 326 g/mol. The molecule has 1 aromatic carbocycles. The van der Waals surface area contributed by atoms with E-state index in [4.69, 9.17) is 17.3 Å². The van der Waals surface area contributed by atoms with Crippen LogP contribution < -0.4 is 15.2 Å². The third-order valence-corrected chi connectivity index (χ3v) is 4.82. The number of hydrogen-bond donors (Lipinski definition) is 3. The Morgan fingerprint density at radius 1 is 1.15 bits per heavy atom. The third kappa shape index (κ3) is 5.63. The number of nitrogens with two attached hydrogens (primary N) is 1. The maximum absolute atomic E-state index is 11.9. The Labute approximate surface area is 123 Å². The number of nitrogens with one attached hydrogen (secondary N) is 2. The van der Waals surface area contributed by atoms with E-state index in [0.717, 1.165) is 6.26 Å². The molecule has 0 aliphatic heterocycles. The highest BCUT2D eigenvalue weighted by Gasteiger charge is 2.14. The molecule has 0 spiro atoms. The summed E-state index contributed by atoms with van der Waals surface area (Å²) in [6, 6.07) is 4.01. The van der Waals surface area contributed by atoms with E-state index in [1.165, 1.54) is 18.2 Å². The van der Waals surface area contributed by atoms with Gasteiger partial charge < -0.3 is 5.73 Å². The van der Waals surface area contributed by atoms with E-state index in [9.17, 15) is 16.8 Å². The predicted octanol–water partition coefficient (Wildman–Crippen LogP) is 0.140. The Morgan fingerprint density at radius 3 is 2.30 bits per heavy atom. The summed E-state index contributed by atoms with van der Waals surface area (Å²) < 4.78 is 50.0. The van der Waals surface area contributed by atoms with Crippen LogP contribution in [0.15, 0.2) is 23.1 Å². The van der Waals surface area contributed by atoms with Crippen LogP contribution in [0.1, 0.15) is 6.42 Å². The van der Waals surface area contributed by atoms with E-state index < -0.39 is 20.0 Å². The van der Waals surface area contributed by atoms with Crippen molar-refractivity contribution in [3.05, 3.63) is 23.2 Å². The van der Waals surface area contributed by atoms with Crippen LogP contribution in [0.25, 0.3) is 0 Å². The minimum Gasteiger partial charge on any atom is -0.397 e. The van der Waals surface area contributed by atoms with Gasteiger partial charge in [0.2, 0.25) is 20.0 Å². The molecule has 10 heteroatoms. The van der Waals surface area contributed by atoms with Crippen molar-refractivity contribution in [3.8, 4) is 0 Å². The van der Waals surface area contributed by atoms with Crippen LogP contribution in [-0.4, -0.2) is 36.2 Å².